The Morgan fingerprint density at radius 1 is 1.12 bits per heavy atom. The highest BCUT2D eigenvalue weighted by Gasteiger charge is 2.30. The van der Waals surface area contributed by atoms with Crippen molar-refractivity contribution in [3.8, 4) is 0 Å². The van der Waals surface area contributed by atoms with Crippen molar-refractivity contribution in [2.45, 2.75) is 40.2 Å². The van der Waals surface area contributed by atoms with E-state index in [2.05, 4.69) is 12.2 Å². The van der Waals surface area contributed by atoms with E-state index in [9.17, 15) is 13.2 Å². The summed E-state index contributed by atoms with van der Waals surface area (Å²) < 4.78 is 26.0. The molecule has 0 radical (unpaired) electrons. The number of nitrogens with one attached hydrogen (secondary N) is 1. The third kappa shape index (κ3) is 4.64. The highest BCUT2D eigenvalue weighted by Crippen LogP contribution is 2.26. The van der Waals surface area contributed by atoms with E-state index >= 15 is 0 Å². The van der Waals surface area contributed by atoms with Crippen LogP contribution in [-0.2, 0) is 21.2 Å². The average Bonchev–Trinajstić information content (AvgIpc) is 2.57. The Morgan fingerprint density at radius 2 is 1.73 bits per heavy atom. The van der Waals surface area contributed by atoms with Gasteiger partial charge in [-0.3, -0.25) is 9.10 Å². The molecule has 0 saturated heterocycles. The van der Waals surface area contributed by atoms with E-state index in [1.807, 2.05) is 50.2 Å². The summed E-state index contributed by atoms with van der Waals surface area (Å²) in [7, 11) is -3.63. The van der Waals surface area contributed by atoms with Crippen molar-refractivity contribution in [1.82, 2.24) is 0 Å². The lowest BCUT2D eigenvalue weighted by Gasteiger charge is -2.29. The number of anilines is 2. The van der Waals surface area contributed by atoms with Crippen molar-refractivity contribution >= 4 is 27.3 Å². The van der Waals surface area contributed by atoms with E-state index in [0.29, 0.717) is 11.4 Å². The minimum absolute atomic E-state index is 0.374. The number of benzene rings is 2. The van der Waals surface area contributed by atoms with Gasteiger partial charge in [-0.25, -0.2) is 8.42 Å². The fourth-order valence-electron chi connectivity index (χ4n) is 2.81. The summed E-state index contributed by atoms with van der Waals surface area (Å²) in [6.45, 7) is 7.38. The van der Waals surface area contributed by atoms with Crippen LogP contribution < -0.4 is 9.62 Å². The second-order valence-electron chi connectivity index (χ2n) is 6.56. The van der Waals surface area contributed by atoms with Crippen molar-refractivity contribution in [1.29, 1.82) is 0 Å². The van der Waals surface area contributed by atoms with Crippen LogP contribution in [0.25, 0.3) is 0 Å². The van der Waals surface area contributed by atoms with Crippen LogP contribution in [0.4, 0.5) is 11.4 Å². The summed E-state index contributed by atoms with van der Waals surface area (Å²) in [5.74, 6) is -0.374. The van der Waals surface area contributed by atoms with Gasteiger partial charge in [-0.15, -0.1) is 0 Å². The predicted octanol–water partition coefficient (Wildman–Crippen LogP) is 3.66. The van der Waals surface area contributed by atoms with Gasteiger partial charge in [0.1, 0.15) is 6.04 Å². The molecule has 5 nitrogen and oxygen atoms in total. The summed E-state index contributed by atoms with van der Waals surface area (Å²) in [6.07, 6.45) is 2.04. The number of nitrogens with zero attached hydrogens (tertiary/aromatic N) is 1. The number of carbonyl (C=O) groups is 1. The minimum Gasteiger partial charge on any atom is -0.324 e. The summed E-state index contributed by atoms with van der Waals surface area (Å²) in [5, 5.41) is 2.80. The first-order valence-corrected chi connectivity index (χ1v) is 10.4. The van der Waals surface area contributed by atoms with Gasteiger partial charge in [0.2, 0.25) is 15.9 Å². The quantitative estimate of drug-likeness (QED) is 0.839. The van der Waals surface area contributed by atoms with E-state index < -0.39 is 16.1 Å². The van der Waals surface area contributed by atoms with E-state index in [4.69, 9.17) is 0 Å². The number of carbonyl (C=O) groups excluding carboxylic acids is 1. The first-order chi connectivity index (χ1) is 12.1. The second kappa shape index (κ2) is 7.91. The summed E-state index contributed by atoms with van der Waals surface area (Å²) in [6, 6.07) is 12.2. The Morgan fingerprint density at radius 3 is 2.27 bits per heavy atom. The van der Waals surface area contributed by atoms with E-state index in [0.717, 1.165) is 23.8 Å². The molecule has 0 fully saturated rings. The number of hydrogen-bond donors (Lipinski definition) is 1. The third-order valence-corrected chi connectivity index (χ3v) is 5.55. The Kier molecular flexibility index (Phi) is 6.08. The third-order valence-electron chi connectivity index (χ3n) is 4.32. The van der Waals surface area contributed by atoms with Crippen LogP contribution in [0, 0.1) is 13.8 Å². The minimum atomic E-state index is -3.63. The van der Waals surface area contributed by atoms with Crippen LogP contribution in [0.5, 0.6) is 0 Å². The monoisotopic (exact) mass is 374 g/mol. The highest BCUT2D eigenvalue weighted by atomic mass is 32.2. The molecule has 2 rings (SSSR count). The van der Waals surface area contributed by atoms with Crippen molar-refractivity contribution < 1.29 is 13.2 Å². The zero-order valence-corrected chi connectivity index (χ0v) is 16.7. The van der Waals surface area contributed by atoms with Crippen molar-refractivity contribution in [2.24, 2.45) is 0 Å². The van der Waals surface area contributed by atoms with Gasteiger partial charge in [-0.2, -0.15) is 0 Å². The van der Waals surface area contributed by atoms with Crippen LogP contribution in [0.2, 0.25) is 0 Å². The highest BCUT2D eigenvalue weighted by molar-refractivity contribution is 7.92. The number of hydrogen-bond acceptors (Lipinski definition) is 3. The van der Waals surface area contributed by atoms with Gasteiger partial charge in [0.15, 0.2) is 0 Å². The lowest BCUT2D eigenvalue weighted by atomic mass is 10.1. The normalized spacial score (nSPS) is 12.5. The molecule has 140 valence electrons. The van der Waals surface area contributed by atoms with Gasteiger partial charge in [0.05, 0.1) is 11.9 Å². The molecular formula is C20H26N2O3S. The lowest BCUT2D eigenvalue weighted by Crippen LogP contribution is -2.45. The molecule has 1 atom stereocenters. The molecule has 0 bridgehead atoms. The summed E-state index contributed by atoms with van der Waals surface area (Å²) in [4.78, 5) is 12.7. The van der Waals surface area contributed by atoms with Crippen molar-refractivity contribution in [2.75, 3.05) is 15.9 Å². The van der Waals surface area contributed by atoms with Crippen molar-refractivity contribution in [3.63, 3.8) is 0 Å². The number of rotatable bonds is 6. The molecule has 0 aliphatic heterocycles. The molecule has 6 heteroatoms. The molecule has 26 heavy (non-hydrogen) atoms. The lowest BCUT2D eigenvalue weighted by molar-refractivity contribution is -0.116. The fourth-order valence-corrected chi connectivity index (χ4v) is 4.03. The van der Waals surface area contributed by atoms with Gasteiger partial charge in [0.25, 0.3) is 0 Å². The van der Waals surface area contributed by atoms with Crippen LogP contribution in [0.1, 0.15) is 30.5 Å². The van der Waals surface area contributed by atoms with Crippen LogP contribution >= 0.6 is 0 Å². The largest absolute Gasteiger partial charge is 0.324 e. The molecule has 1 N–H and O–H groups in total. The van der Waals surface area contributed by atoms with Crippen LogP contribution in [-0.4, -0.2) is 26.6 Å². The molecule has 0 unspecified atom stereocenters. The zero-order valence-electron chi connectivity index (χ0n) is 15.9. The SMILES string of the molecule is CCc1ccc(NC(=O)[C@H](C)N(c2cc(C)ccc2C)S(C)(=O)=O)cc1. The topological polar surface area (TPSA) is 66.5 Å². The molecule has 0 saturated carbocycles. The van der Waals surface area contributed by atoms with Gasteiger partial charge in [-0.1, -0.05) is 31.2 Å². The Balaban J connectivity index is 2.32. The first-order valence-electron chi connectivity index (χ1n) is 8.60. The summed E-state index contributed by atoms with van der Waals surface area (Å²) >= 11 is 0. The maximum atomic E-state index is 12.7. The first kappa shape index (κ1) is 20.0. The van der Waals surface area contributed by atoms with E-state index in [1.165, 1.54) is 9.87 Å². The molecule has 0 aromatic heterocycles. The maximum Gasteiger partial charge on any atom is 0.247 e. The summed E-state index contributed by atoms with van der Waals surface area (Å²) in [5.41, 5.74) is 4.07. The Hall–Kier alpha value is -2.34. The van der Waals surface area contributed by atoms with Crippen LogP contribution in [0.15, 0.2) is 42.5 Å². The molecule has 2 aromatic carbocycles. The zero-order chi connectivity index (χ0) is 19.5. The molecule has 0 aliphatic rings. The smallest absolute Gasteiger partial charge is 0.247 e. The van der Waals surface area contributed by atoms with E-state index in [1.54, 1.807) is 13.0 Å². The maximum absolute atomic E-state index is 12.7. The van der Waals surface area contributed by atoms with E-state index in [-0.39, 0.29) is 5.91 Å². The Bertz CT molecular complexity index is 890. The van der Waals surface area contributed by atoms with Crippen molar-refractivity contribution in [3.05, 3.63) is 59.2 Å². The number of amides is 1. The molecular weight excluding hydrogens is 348 g/mol. The fraction of sp³-hybridized carbons (Fsp3) is 0.350. The Labute approximate surface area is 156 Å². The predicted molar refractivity (Wildman–Crippen MR) is 107 cm³/mol. The molecule has 0 spiro atoms. The molecule has 2 aromatic rings. The second-order valence-corrected chi connectivity index (χ2v) is 8.42. The number of sulfonamides is 1. The van der Waals surface area contributed by atoms with Gasteiger partial charge >= 0.3 is 0 Å². The van der Waals surface area contributed by atoms with Gasteiger partial charge in [-0.05, 0) is 62.1 Å². The molecule has 0 aliphatic carbocycles. The standard InChI is InChI=1S/C20H26N2O3S/c1-6-17-9-11-18(12-10-17)21-20(23)16(4)22(26(5,24)25)19-13-14(2)7-8-15(19)3/h7-13,16H,6H2,1-5H3,(H,21,23)/t16-/m0/s1. The average molecular weight is 375 g/mol. The van der Waals surface area contributed by atoms with Gasteiger partial charge in [0, 0.05) is 5.69 Å². The molecule has 0 heterocycles. The van der Waals surface area contributed by atoms with Gasteiger partial charge < -0.3 is 5.32 Å². The molecule has 1 amide bonds. The van der Waals surface area contributed by atoms with Crippen LogP contribution in [0.3, 0.4) is 0 Å². The number of aryl methyl sites for hydroxylation is 3.